The van der Waals surface area contributed by atoms with Gasteiger partial charge in [-0.3, -0.25) is 4.79 Å². The molecule has 1 aliphatic rings. The molecule has 1 atom stereocenters. The highest BCUT2D eigenvalue weighted by atomic mass is 16.1. The second kappa shape index (κ2) is 4.05. The Balaban J connectivity index is 2.07. The van der Waals surface area contributed by atoms with Crippen LogP contribution >= 0.6 is 0 Å². The number of primary amides is 1. The van der Waals surface area contributed by atoms with Gasteiger partial charge in [0.15, 0.2) is 5.69 Å². The number of nitrogens with zero attached hydrogens (tertiary/aromatic N) is 2. The van der Waals surface area contributed by atoms with Crippen LogP contribution in [0.1, 0.15) is 23.8 Å². The molecule has 0 spiro atoms. The molecule has 2 rings (SSSR count). The molecule has 1 saturated heterocycles. The zero-order chi connectivity index (χ0) is 11.6. The van der Waals surface area contributed by atoms with Gasteiger partial charge in [0.1, 0.15) is 5.82 Å². The molecule has 0 aliphatic carbocycles. The van der Waals surface area contributed by atoms with Crippen molar-refractivity contribution in [2.75, 3.05) is 18.4 Å². The van der Waals surface area contributed by atoms with Crippen LogP contribution in [-0.2, 0) is 0 Å². The third-order valence-corrected chi connectivity index (χ3v) is 2.72. The van der Waals surface area contributed by atoms with E-state index in [0.29, 0.717) is 5.82 Å². The summed E-state index contributed by atoms with van der Waals surface area (Å²) < 4.78 is 0. The molecule has 1 unspecified atom stereocenters. The summed E-state index contributed by atoms with van der Waals surface area (Å²) in [5.74, 6) is 0.101. The summed E-state index contributed by atoms with van der Waals surface area (Å²) in [6, 6.07) is 3.29. The Labute approximate surface area is 93.6 Å². The van der Waals surface area contributed by atoms with Crippen LogP contribution in [0.15, 0.2) is 12.1 Å². The van der Waals surface area contributed by atoms with Crippen LogP contribution in [0.3, 0.4) is 0 Å². The van der Waals surface area contributed by atoms with Crippen molar-refractivity contribution in [2.45, 2.75) is 18.9 Å². The fourth-order valence-corrected chi connectivity index (χ4v) is 1.76. The van der Waals surface area contributed by atoms with Crippen molar-refractivity contribution < 1.29 is 4.79 Å². The normalized spacial score (nSPS) is 24.3. The van der Waals surface area contributed by atoms with Crippen LogP contribution in [0.2, 0.25) is 0 Å². The maximum atomic E-state index is 10.8. The standard InChI is InChI=1S/C10H15N5O/c1-10(4-5-12-6-10)13-8-3-2-7(9(11)16)14-15-8/h2-3,12H,4-6H2,1H3,(H2,11,16)(H,13,15). The first-order valence-electron chi connectivity index (χ1n) is 5.21. The largest absolute Gasteiger partial charge is 0.364 e. The van der Waals surface area contributed by atoms with Gasteiger partial charge in [-0.05, 0) is 32.0 Å². The first kappa shape index (κ1) is 10.8. The molecule has 1 aromatic rings. The summed E-state index contributed by atoms with van der Waals surface area (Å²) in [6.45, 7) is 4.01. The first-order valence-corrected chi connectivity index (χ1v) is 5.21. The van der Waals surface area contributed by atoms with E-state index in [1.54, 1.807) is 12.1 Å². The number of rotatable bonds is 3. The molecule has 86 valence electrons. The van der Waals surface area contributed by atoms with Crippen molar-refractivity contribution in [1.82, 2.24) is 15.5 Å². The molecule has 2 heterocycles. The van der Waals surface area contributed by atoms with Gasteiger partial charge in [-0.25, -0.2) is 0 Å². The minimum atomic E-state index is -0.562. The zero-order valence-electron chi connectivity index (χ0n) is 9.16. The van der Waals surface area contributed by atoms with Gasteiger partial charge < -0.3 is 16.4 Å². The average molecular weight is 221 g/mol. The fraction of sp³-hybridized carbons (Fsp3) is 0.500. The lowest BCUT2D eigenvalue weighted by Crippen LogP contribution is -2.37. The van der Waals surface area contributed by atoms with E-state index in [4.69, 9.17) is 5.73 Å². The zero-order valence-corrected chi connectivity index (χ0v) is 9.16. The number of aromatic nitrogens is 2. The number of hydrogen-bond donors (Lipinski definition) is 3. The van der Waals surface area contributed by atoms with Crippen LogP contribution in [0.4, 0.5) is 5.82 Å². The Morgan fingerprint density at radius 1 is 1.56 bits per heavy atom. The van der Waals surface area contributed by atoms with Crippen LogP contribution in [0.25, 0.3) is 0 Å². The van der Waals surface area contributed by atoms with Gasteiger partial charge in [-0.15, -0.1) is 10.2 Å². The van der Waals surface area contributed by atoms with Crippen molar-refractivity contribution >= 4 is 11.7 Å². The second-order valence-corrected chi connectivity index (χ2v) is 4.28. The molecule has 6 nitrogen and oxygen atoms in total. The monoisotopic (exact) mass is 221 g/mol. The van der Waals surface area contributed by atoms with E-state index in [-0.39, 0.29) is 11.2 Å². The number of nitrogens with one attached hydrogen (secondary N) is 2. The molecule has 1 aromatic heterocycles. The first-order chi connectivity index (χ1) is 7.59. The Kier molecular flexibility index (Phi) is 2.74. The number of hydrogen-bond acceptors (Lipinski definition) is 5. The highest BCUT2D eigenvalue weighted by Crippen LogP contribution is 2.19. The van der Waals surface area contributed by atoms with E-state index in [1.807, 2.05) is 0 Å². The lowest BCUT2D eigenvalue weighted by Gasteiger charge is -2.24. The van der Waals surface area contributed by atoms with Crippen LogP contribution in [-0.4, -0.2) is 34.7 Å². The van der Waals surface area contributed by atoms with Gasteiger partial charge in [0.25, 0.3) is 5.91 Å². The van der Waals surface area contributed by atoms with Crippen molar-refractivity contribution in [3.05, 3.63) is 17.8 Å². The predicted octanol–water partition coefficient (Wildman–Crippen LogP) is -0.261. The summed E-state index contributed by atoms with van der Waals surface area (Å²) >= 11 is 0. The molecular weight excluding hydrogens is 206 g/mol. The molecular formula is C10H15N5O. The predicted molar refractivity (Wildman–Crippen MR) is 60.1 cm³/mol. The topological polar surface area (TPSA) is 92.9 Å². The molecule has 4 N–H and O–H groups in total. The van der Waals surface area contributed by atoms with Crippen molar-refractivity contribution in [1.29, 1.82) is 0 Å². The molecule has 0 bridgehead atoms. The number of carbonyl (C=O) groups excluding carboxylic acids is 1. The Hall–Kier alpha value is -1.69. The lowest BCUT2D eigenvalue weighted by molar-refractivity contribution is 0.0994. The minimum absolute atomic E-state index is 0.00290. The summed E-state index contributed by atoms with van der Waals surface area (Å²) in [5, 5.41) is 14.2. The number of anilines is 1. The summed E-state index contributed by atoms with van der Waals surface area (Å²) in [4.78, 5) is 10.8. The SMILES string of the molecule is CC1(Nc2ccc(C(N)=O)nn2)CCNC1. The molecule has 1 aliphatic heterocycles. The summed E-state index contributed by atoms with van der Waals surface area (Å²) in [7, 11) is 0. The lowest BCUT2D eigenvalue weighted by atomic mass is 10.0. The van der Waals surface area contributed by atoms with E-state index in [0.717, 1.165) is 19.5 Å². The van der Waals surface area contributed by atoms with E-state index in [1.165, 1.54) is 0 Å². The van der Waals surface area contributed by atoms with E-state index in [9.17, 15) is 4.79 Å². The highest BCUT2D eigenvalue weighted by Gasteiger charge is 2.28. The van der Waals surface area contributed by atoms with E-state index >= 15 is 0 Å². The van der Waals surface area contributed by atoms with Gasteiger partial charge in [-0.1, -0.05) is 0 Å². The average Bonchev–Trinajstić information content (AvgIpc) is 2.65. The van der Waals surface area contributed by atoms with Crippen molar-refractivity contribution in [3.63, 3.8) is 0 Å². The van der Waals surface area contributed by atoms with Crippen molar-refractivity contribution in [3.8, 4) is 0 Å². The second-order valence-electron chi connectivity index (χ2n) is 4.28. The molecule has 1 amide bonds. The summed E-state index contributed by atoms with van der Waals surface area (Å²) in [6.07, 6.45) is 1.03. The van der Waals surface area contributed by atoms with Gasteiger partial charge in [0, 0.05) is 12.1 Å². The molecule has 1 fully saturated rings. The molecule has 6 heteroatoms. The van der Waals surface area contributed by atoms with Crippen LogP contribution in [0, 0.1) is 0 Å². The number of nitrogens with two attached hydrogens (primary N) is 1. The third kappa shape index (κ3) is 2.27. The highest BCUT2D eigenvalue weighted by molar-refractivity contribution is 5.90. The van der Waals surface area contributed by atoms with Crippen LogP contribution < -0.4 is 16.4 Å². The van der Waals surface area contributed by atoms with Gasteiger partial charge >= 0.3 is 0 Å². The summed E-state index contributed by atoms with van der Waals surface area (Å²) in [5.41, 5.74) is 5.27. The number of carbonyl (C=O) groups is 1. The van der Waals surface area contributed by atoms with Gasteiger partial charge in [0.2, 0.25) is 0 Å². The van der Waals surface area contributed by atoms with Gasteiger partial charge in [-0.2, -0.15) is 0 Å². The van der Waals surface area contributed by atoms with Crippen molar-refractivity contribution in [2.24, 2.45) is 5.73 Å². The Morgan fingerprint density at radius 2 is 2.38 bits per heavy atom. The molecule has 16 heavy (non-hydrogen) atoms. The minimum Gasteiger partial charge on any atom is -0.364 e. The maximum absolute atomic E-state index is 10.8. The van der Waals surface area contributed by atoms with E-state index in [2.05, 4.69) is 27.8 Å². The maximum Gasteiger partial charge on any atom is 0.269 e. The van der Waals surface area contributed by atoms with Crippen LogP contribution in [0.5, 0.6) is 0 Å². The smallest absolute Gasteiger partial charge is 0.269 e. The Bertz CT molecular complexity index is 383. The van der Waals surface area contributed by atoms with Gasteiger partial charge in [0.05, 0.1) is 0 Å². The Morgan fingerprint density at radius 3 is 2.88 bits per heavy atom. The molecule has 0 radical (unpaired) electrons. The van der Waals surface area contributed by atoms with E-state index < -0.39 is 5.91 Å². The molecule has 0 aromatic carbocycles. The molecule has 0 saturated carbocycles. The third-order valence-electron chi connectivity index (χ3n) is 2.72. The number of amides is 1. The fourth-order valence-electron chi connectivity index (χ4n) is 1.76. The quantitative estimate of drug-likeness (QED) is 0.654.